The summed E-state index contributed by atoms with van der Waals surface area (Å²) in [4.78, 5) is 39.0. The van der Waals surface area contributed by atoms with Crippen LogP contribution in [0.25, 0.3) is 16.8 Å². The molecular formula is C37H36ClF2N5O5S. The molecular weight excluding hydrogens is 700 g/mol. The maximum atomic E-state index is 15.8. The van der Waals surface area contributed by atoms with E-state index in [1.807, 2.05) is 18.6 Å². The molecule has 0 radical (unpaired) electrons. The molecule has 0 fully saturated rings. The van der Waals surface area contributed by atoms with Crippen LogP contribution in [-0.2, 0) is 23.0 Å². The molecule has 5 aromatic rings. The number of nitrogens with zero attached hydrogens (tertiary/aromatic N) is 3. The molecule has 0 aliphatic carbocycles. The second-order valence-electron chi connectivity index (χ2n) is 11.8. The van der Waals surface area contributed by atoms with E-state index in [9.17, 15) is 27.2 Å². The summed E-state index contributed by atoms with van der Waals surface area (Å²) in [5.74, 6) is -2.75. The highest BCUT2D eigenvalue weighted by molar-refractivity contribution is 7.90. The van der Waals surface area contributed by atoms with Gasteiger partial charge in [0.25, 0.3) is 21.8 Å². The minimum atomic E-state index is -4.52. The van der Waals surface area contributed by atoms with Crippen LogP contribution in [0.15, 0.2) is 94.6 Å². The summed E-state index contributed by atoms with van der Waals surface area (Å²) in [6, 6.07) is 19.5. The van der Waals surface area contributed by atoms with Crippen LogP contribution < -0.4 is 15.7 Å². The number of unbranched alkanes of at least 4 members (excludes halogenated alkanes) is 2. The minimum Gasteiger partial charge on any atom is -0.352 e. The van der Waals surface area contributed by atoms with Crippen molar-refractivity contribution in [2.45, 2.75) is 57.4 Å². The number of carbonyl (C=O) groups is 2. The summed E-state index contributed by atoms with van der Waals surface area (Å²) in [6.45, 7) is 4.27. The topological polar surface area (TPSA) is 132 Å². The van der Waals surface area contributed by atoms with Gasteiger partial charge in [-0.2, -0.15) is 4.68 Å². The first-order chi connectivity index (χ1) is 24.5. The van der Waals surface area contributed by atoms with Gasteiger partial charge in [0.1, 0.15) is 17.5 Å². The molecule has 0 saturated carbocycles. The Morgan fingerprint density at radius 2 is 1.55 bits per heavy atom. The Kier molecular flexibility index (Phi) is 11.8. The zero-order valence-electron chi connectivity index (χ0n) is 28.0. The van der Waals surface area contributed by atoms with Gasteiger partial charge in [-0.15, -0.1) is 5.10 Å². The molecule has 14 heteroatoms. The average Bonchev–Trinajstić information content (AvgIpc) is 3.42. The van der Waals surface area contributed by atoms with E-state index in [0.717, 1.165) is 42.1 Å². The number of hydrogen-bond acceptors (Lipinski definition) is 6. The third-order valence-corrected chi connectivity index (χ3v) is 9.96. The van der Waals surface area contributed by atoms with Gasteiger partial charge in [0.15, 0.2) is 0 Å². The lowest BCUT2D eigenvalue weighted by Gasteiger charge is -2.13. The summed E-state index contributed by atoms with van der Waals surface area (Å²) < 4.78 is 61.0. The van der Waals surface area contributed by atoms with Crippen LogP contribution in [0.1, 0.15) is 71.6 Å². The third kappa shape index (κ3) is 8.26. The number of aromatic nitrogens is 3. The van der Waals surface area contributed by atoms with Gasteiger partial charge in [0.05, 0.1) is 33.3 Å². The van der Waals surface area contributed by atoms with Crippen molar-refractivity contribution in [2.75, 3.05) is 6.54 Å². The van der Waals surface area contributed by atoms with Crippen molar-refractivity contribution in [3.05, 3.63) is 135 Å². The normalized spacial score (nSPS) is 11.4. The Morgan fingerprint density at radius 1 is 0.843 bits per heavy atom. The Hall–Kier alpha value is -5.14. The molecule has 0 bridgehead atoms. The standard InChI is InChI=1S/C37H36ClF2N5O5S/c1-3-5-18-33-42-45(31-16-11-14-28(34(31)38)35(46)41-21-6-4-2)37(48)44(33)23-25-20-19-24(22-30(25)40)26-12-8-10-17-32(26)51(49,50)43-36(47)27-13-7-9-15-29(27)39/h7-17,19-20,22H,3-6,18,21,23H2,1-2H3,(H,41,46)(H,43,47). The Labute approximate surface area is 299 Å². The molecule has 1 heterocycles. The monoisotopic (exact) mass is 735 g/mol. The van der Waals surface area contributed by atoms with Crippen molar-refractivity contribution in [1.29, 1.82) is 0 Å². The molecule has 10 nitrogen and oxygen atoms in total. The fourth-order valence-electron chi connectivity index (χ4n) is 5.44. The Morgan fingerprint density at radius 3 is 2.27 bits per heavy atom. The lowest BCUT2D eigenvalue weighted by Crippen LogP contribution is -2.31. The lowest BCUT2D eigenvalue weighted by molar-refractivity contribution is 0.0950. The van der Waals surface area contributed by atoms with Crippen molar-refractivity contribution in [3.63, 3.8) is 0 Å². The number of nitrogens with one attached hydrogen (secondary N) is 2. The molecule has 0 atom stereocenters. The van der Waals surface area contributed by atoms with Gasteiger partial charge in [-0.25, -0.2) is 26.7 Å². The second-order valence-corrected chi connectivity index (χ2v) is 13.8. The lowest BCUT2D eigenvalue weighted by atomic mass is 10.0. The SMILES string of the molecule is CCCCNC(=O)c1cccc(-n2nc(CCCC)n(Cc3ccc(-c4ccccc4S(=O)(=O)NC(=O)c4ccccc4F)cc3F)c2=O)c1Cl. The number of hydrogen-bond donors (Lipinski definition) is 2. The molecule has 5 rings (SSSR count). The van der Waals surface area contributed by atoms with Gasteiger partial charge in [-0.1, -0.05) is 86.8 Å². The van der Waals surface area contributed by atoms with Crippen LogP contribution in [-0.4, -0.2) is 41.1 Å². The van der Waals surface area contributed by atoms with Crippen LogP contribution in [0.5, 0.6) is 0 Å². The zero-order chi connectivity index (χ0) is 36.7. The van der Waals surface area contributed by atoms with Crippen molar-refractivity contribution in [1.82, 2.24) is 24.4 Å². The molecule has 51 heavy (non-hydrogen) atoms. The molecule has 0 aliphatic rings. The molecule has 0 unspecified atom stereocenters. The highest BCUT2D eigenvalue weighted by Gasteiger charge is 2.25. The summed E-state index contributed by atoms with van der Waals surface area (Å²) in [5, 5.41) is 7.41. The van der Waals surface area contributed by atoms with E-state index in [1.165, 1.54) is 47.0 Å². The van der Waals surface area contributed by atoms with Crippen molar-refractivity contribution >= 4 is 33.4 Å². The molecule has 2 amide bonds. The smallest absolute Gasteiger partial charge is 0.351 e. The summed E-state index contributed by atoms with van der Waals surface area (Å²) in [7, 11) is -4.52. The quantitative estimate of drug-likeness (QED) is 0.123. The number of rotatable bonds is 14. The number of amides is 2. The average molecular weight is 736 g/mol. The summed E-state index contributed by atoms with van der Waals surface area (Å²) >= 11 is 6.65. The van der Waals surface area contributed by atoms with Gasteiger partial charge in [0.2, 0.25) is 0 Å². The van der Waals surface area contributed by atoms with E-state index < -0.39 is 38.8 Å². The Balaban J connectivity index is 1.46. The predicted molar refractivity (Wildman–Crippen MR) is 191 cm³/mol. The van der Waals surface area contributed by atoms with Crippen LogP contribution in [0.3, 0.4) is 0 Å². The number of aryl methyl sites for hydroxylation is 1. The first-order valence-electron chi connectivity index (χ1n) is 16.4. The zero-order valence-corrected chi connectivity index (χ0v) is 29.5. The van der Waals surface area contributed by atoms with E-state index >= 15 is 4.39 Å². The highest BCUT2D eigenvalue weighted by atomic mass is 35.5. The van der Waals surface area contributed by atoms with E-state index in [0.29, 0.717) is 25.2 Å². The molecule has 4 aromatic carbocycles. The van der Waals surface area contributed by atoms with Gasteiger partial charge >= 0.3 is 5.69 Å². The van der Waals surface area contributed by atoms with E-state index in [4.69, 9.17) is 11.6 Å². The van der Waals surface area contributed by atoms with Crippen LogP contribution in [0, 0.1) is 11.6 Å². The first-order valence-corrected chi connectivity index (χ1v) is 18.3. The summed E-state index contributed by atoms with van der Waals surface area (Å²) in [5.41, 5.74) is -0.230. The van der Waals surface area contributed by atoms with Crippen molar-refractivity contribution in [3.8, 4) is 16.8 Å². The number of sulfonamides is 1. The molecule has 0 aliphatic heterocycles. The molecule has 2 N–H and O–H groups in total. The molecule has 1 aromatic heterocycles. The van der Waals surface area contributed by atoms with Gasteiger partial charge in [-0.05, 0) is 54.8 Å². The Bertz CT molecular complexity index is 2250. The van der Waals surface area contributed by atoms with E-state index in [1.54, 1.807) is 24.3 Å². The van der Waals surface area contributed by atoms with Gasteiger partial charge in [0, 0.05) is 24.1 Å². The molecule has 0 spiro atoms. The summed E-state index contributed by atoms with van der Waals surface area (Å²) in [6.07, 6.45) is 3.62. The predicted octanol–water partition coefficient (Wildman–Crippen LogP) is 6.67. The highest BCUT2D eigenvalue weighted by Crippen LogP contribution is 2.30. The van der Waals surface area contributed by atoms with E-state index in [-0.39, 0.29) is 50.3 Å². The first kappa shape index (κ1) is 37.1. The minimum absolute atomic E-state index is 0.0505. The second kappa shape index (κ2) is 16.3. The molecule has 266 valence electrons. The maximum Gasteiger partial charge on any atom is 0.351 e. The van der Waals surface area contributed by atoms with E-state index in [2.05, 4.69) is 10.4 Å². The van der Waals surface area contributed by atoms with Crippen LogP contribution >= 0.6 is 11.6 Å². The maximum absolute atomic E-state index is 15.8. The number of carbonyl (C=O) groups excluding carboxylic acids is 2. The largest absolute Gasteiger partial charge is 0.352 e. The van der Waals surface area contributed by atoms with Gasteiger partial charge in [-0.3, -0.25) is 14.2 Å². The molecule has 0 saturated heterocycles. The van der Waals surface area contributed by atoms with Crippen molar-refractivity contribution in [2.24, 2.45) is 0 Å². The number of halogens is 3. The fraction of sp³-hybridized carbons (Fsp3) is 0.243. The van der Waals surface area contributed by atoms with Crippen LogP contribution in [0.4, 0.5) is 8.78 Å². The third-order valence-electron chi connectivity index (χ3n) is 8.17. The number of benzene rings is 4. The fourth-order valence-corrected chi connectivity index (χ4v) is 6.92. The van der Waals surface area contributed by atoms with Crippen LogP contribution in [0.2, 0.25) is 5.02 Å². The van der Waals surface area contributed by atoms with Gasteiger partial charge < -0.3 is 5.32 Å². The van der Waals surface area contributed by atoms with Crippen molar-refractivity contribution < 1.29 is 26.8 Å².